The molecule has 0 radical (unpaired) electrons. The summed E-state index contributed by atoms with van der Waals surface area (Å²) in [6.45, 7) is 8.03. The highest BCUT2D eigenvalue weighted by molar-refractivity contribution is 9.10. The van der Waals surface area contributed by atoms with Crippen LogP contribution in [0.25, 0.3) is 6.08 Å². The predicted molar refractivity (Wildman–Crippen MR) is 148 cm³/mol. The van der Waals surface area contributed by atoms with Gasteiger partial charge in [0, 0.05) is 11.4 Å². The number of hydrogen-bond acceptors (Lipinski definition) is 5. The van der Waals surface area contributed by atoms with E-state index < -0.39 is 0 Å². The van der Waals surface area contributed by atoms with E-state index >= 15 is 0 Å². The lowest BCUT2D eigenvalue weighted by molar-refractivity contribution is -0.122. The Balaban J connectivity index is 1.67. The Hall–Kier alpha value is -2.29. The molecule has 0 spiro atoms. The summed E-state index contributed by atoms with van der Waals surface area (Å²) in [5, 5.41) is 3.00. The maximum atomic E-state index is 13.4. The van der Waals surface area contributed by atoms with Gasteiger partial charge in [-0.25, -0.2) is 0 Å². The molecule has 0 bridgehead atoms. The van der Waals surface area contributed by atoms with Gasteiger partial charge in [0.05, 0.1) is 22.2 Å². The van der Waals surface area contributed by atoms with E-state index in [9.17, 15) is 9.59 Å². The van der Waals surface area contributed by atoms with Gasteiger partial charge in [-0.2, -0.15) is 0 Å². The number of thioether (sulfide) groups is 1. The first kappa shape index (κ1) is 27.3. The van der Waals surface area contributed by atoms with Gasteiger partial charge in [0.25, 0.3) is 5.91 Å². The first-order valence-electron chi connectivity index (χ1n) is 12.1. The quantitative estimate of drug-likeness (QED) is 0.272. The number of rotatable bonds is 12. The van der Waals surface area contributed by atoms with Crippen LogP contribution in [-0.2, 0) is 9.59 Å². The summed E-state index contributed by atoms with van der Waals surface area (Å²) < 4.78 is 6.12. The van der Waals surface area contributed by atoms with Crippen LogP contribution in [0.4, 0.5) is 5.69 Å². The fourth-order valence-electron chi connectivity index (χ4n) is 3.88. The number of halogens is 1. The summed E-state index contributed by atoms with van der Waals surface area (Å²) in [6.07, 6.45) is 5.12. The van der Waals surface area contributed by atoms with Gasteiger partial charge in [0.2, 0.25) is 5.91 Å². The molecule has 3 rings (SSSR count). The maximum absolute atomic E-state index is 13.4. The van der Waals surface area contributed by atoms with Gasteiger partial charge in [-0.05, 0) is 84.3 Å². The first-order valence-corrected chi connectivity index (χ1v) is 13.7. The van der Waals surface area contributed by atoms with Crippen molar-refractivity contribution in [3.63, 3.8) is 0 Å². The van der Waals surface area contributed by atoms with E-state index in [1.54, 1.807) is 12.0 Å². The number of fused-ring (bicyclic) bond motifs is 1. The Kier molecular flexibility index (Phi) is 10.7. The lowest BCUT2D eigenvalue weighted by Crippen LogP contribution is -2.43. The molecule has 0 saturated heterocycles. The highest BCUT2D eigenvalue weighted by atomic mass is 79.9. The van der Waals surface area contributed by atoms with Crippen molar-refractivity contribution >= 4 is 51.3 Å². The van der Waals surface area contributed by atoms with Crippen LogP contribution in [0.1, 0.15) is 38.7 Å². The molecule has 1 heterocycles. The van der Waals surface area contributed by atoms with E-state index in [1.165, 1.54) is 24.6 Å². The largest absolute Gasteiger partial charge is 0.496 e. The smallest absolute Gasteiger partial charge is 0.265 e. The maximum Gasteiger partial charge on any atom is 0.265 e. The molecular weight excluding hydrogens is 526 g/mol. The molecule has 0 atom stereocenters. The predicted octanol–water partition coefficient (Wildman–Crippen LogP) is 5.57. The van der Waals surface area contributed by atoms with Crippen LogP contribution in [-0.4, -0.2) is 56.5 Å². The van der Waals surface area contributed by atoms with Crippen LogP contribution in [0.5, 0.6) is 5.75 Å². The third-order valence-corrected chi connectivity index (χ3v) is 7.55. The number of anilines is 1. The van der Waals surface area contributed by atoms with Crippen LogP contribution < -0.4 is 15.0 Å². The Morgan fingerprint density at radius 2 is 1.94 bits per heavy atom. The standard InChI is InChI=1S/C27H34BrN3O3S/c1-4-6-15-30(5-2)16-9-14-29-26(32)19-31-22-10-7-8-11-24(22)35-25(27(31)33)18-20-12-13-23(34-3)21(28)17-20/h7-8,10-13,17-18H,4-6,9,14-16,19H2,1-3H3,(H,29,32). The summed E-state index contributed by atoms with van der Waals surface area (Å²) in [5.41, 5.74) is 1.64. The molecule has 0 aliphatic carbocycles. The second-order valence-corrected chi connectivity index (χ2v) is 10.3. The molecule has 6 nitrogen and oxygen atoms in total. The summed E-state index contributed by atoms with van der Waals surface area (Å²) in [6, 6.07) is 13.4. The number of hydrogen-bond donors (Lipinski definition) is 1. The SMILES string of the molecule is CCCCN(CC)CCCNC(=O)CN1C(=O)C(=Cc2ccc(OC)c(Br)c2)Sc2ccccc21. The third kappa shape index (κ3) is 7.59. The monoisotopic (exact) mass is 559 g/mol. The highest BCUT2D eigenvalue weighted by Gasteiger charge is 2.30. The second kappa shape index (κ2) is 13.7. The van der Waals surface area contributed by atoms with Crippen molar-refractivity contribution in [3.8, 4) is 5.75 Å². The van der Waals surface area contributed by atoms with Gasteiger partial charge in [0.15, 0.2) is 0 Å². The van der Waals surface area contributed by atoms with Crippen LogP contribution in [0, 0.1) is 0 Å². The van der Waals surface area contributed by atoms with Crippen molar-refractivity contribution in [2.75, 3.05) is 44.7 Å². The highest BCUT2D eigenvalue weighted by Crippen LogP contribution is 2.42. The van der Waals surface area contributed by atoms with Gasteiger partial charge in [-0.1, -0.05) is 50.2 Å². The zero-order valence-electron chi connectivity index (χ0n) is 20.7. The van der Waals surface area contributed by atoms with Crippen molar-refractivity contribution < 1.29 is 14.3 Å². The second-order valence-electron chi connectivity index (χ2n) is 8.35. The molecule has 35 heavy (non-hydrogen) atoms. The molecule has 2 aromatic rings. The van der Waals surface area contributed by atoms with Crippen LogP contribution in [0.15, 0.2) is 56.7 Å². The Morgan fingerprint density at radius 3 is 2.66 bits per heavy atom. The number of nitrogens with one attached hydrogen (secondary N) is 1. The number of benzene rings is 2. The molecule has 0 aromatic heterocycles. The molecule has 1 aliphatic rings. The summed E-state index contributed by atoms with van der Waals surface area (Å²) in [5.74, 6) is 0.404. The minimum atomic E-state index is -0.174. The number of ether oxygens (including phenoxy) is 1. The fraction of sp³-hybridized carbons (Fsp3) is 0.407. The molecule has 0 unspecified atom stereocenters. The van der Waals surface area contributed by atoms with Gasteiger partial charge in [-0.3, -0.25) is 14.5 Å². The van der Waals surface area contributed by atoms with E-state index in [2.05, 4.69) is 40.0 Å². The summed E-state index contributed by atoms with van der Waals surface area (Å²) in [7, 11) is 1.62. The molecule has 1 aliphatic heterocycles. The Morgan fingerprint density at radius 1 is 1.17 bits per heavy atom. The average molecular weight is 561 g/mol. The van der Waals surface area contributed by atoms with E-state index in [1.807, 2.05) is 48.5 Å². The van der Waals surface area contributed by atoms with E-state index in [-0.39, 0.29) is 18.4 Å². The summed E-state index contributed by atoms with van der Waals surface area (Å²) in [4.78, 5) is 31.7. The normalized spacial score (nSPS) is 14.4. The van der Waals surface area contributed by atoms with Crippen LogP contribution >= 0.6 is 27.7 Å². The molecule has 1 N–H and O–H groups in total. The number of carbonyl (C=O) groups is 2. The summed E-state index contributed by atoms with van der Waals surface area (Å²) >= 11 is 4.93. The van der Waals surface area contributed by atoms with Gasteiger partial charge in [0.1, 0.15) is 12.3 Å². The number of nitrogens with zero attached hydrogens (tertiary/aromatic N) is 2. The van der Waals surface area contributed by atoms with E-state index in [0.29, 0.717) is 11.4 Å². The molecule has 8 heteroatoms. The Bertz CT molecular complexity index is 1060. The van der Waals surface area contributed by atoms with Gasteiger partial charge < -0.3 is 15.0 Å². The number of unbranched alkanes of at least 4 members (excludes halogenated alkanes) is 1. The lowest BCUT2D eigenvalue weighted by Gasteiger charge is -2.30. The molecule has 188 valence electrons. The zero-order chi connectivity index (χ0) is 25.2. The molecule has 0 saturated carbocycles. The van der Waals surface area contributed by atoms with Gasteiger partial charge in [-0.15, -0.1) is 0 Å². The Labute approximate surface area is 221 Å². The van der Waals surface area contributed by atoms with Crippen molar-refractivity contribution in [2.45, 2.75) is 38.0 Å². The number of carbonyl (C=O) groups excluding carboxylic acids is 2. The number of para-hydroxylation sites is 1. The van der Waals surface area contributed by atoms with Crippen molar-refractivity contribution in [1.29, 1.82) is 0 Å². The third-order valence-electron chi connectivity index (χ3n) is 5.86. The molecule has 0 fully saturated rings. The van der Waals surface area contributed by atoms with Crippen molar-refractivity contribution in [3.05, 3.63) is 57.4 Å². The topological polar surface area (TPSA) is 61.9 Å². The fourth-order valence-corrected chi connectivity index (χ4v) is 5.50. The van der Waals surface area contributed by atoms with E-state index in [0.717, 1.165) is 52.4 Å². The van der Waals surface area contributed by atoms with Crippen molar-refractivity contribution in [1.82, 2.24) is 10.2 Å². The van der Waals surface area contributed by atoms with Gasteiger partial charge >= 0.3 is 0 Å². The average Bonchev–Trinajstić information content (AvgIpc) is 2.86. The minimum Gasteiger partial charge on any atom is -0.496 e. The molecule has 2 amide bonds. The van der Waals surface area contributed by atoms with E-state index in [4.69, 9.17) is 4.74 Å². The van der Waals surface area contributed by atoms with Crippen LogP contribution in [0.3, 0.4) is 0 Å². The number of amides is 2. The minimum absolute atomic E-state index is 0.00657. The molecule has 2 aromatic carbocycles. The number of methoxy groups -OCH3 is 1. The first-order chi connectivity index (χ1) is 17.0. The lowest BCUT2D eigenvalue weighted by atomic mass is 10.2. The van der Waals surface area contributed by atoms with Crippen molar-refractivity contribution in [2.24, 2.45) is 0 Å². The zero-order valence-corrected chi connectivity index (χ0v) is 23.1. The molecular formula is C27H34BrN3O3S. The van der Waals surface area contributed by atoms with Crippen LogP contribution in [0.2, 0.25) is 0 Å².